The average Bonchev–Trinajstić information content (AvgIpc) is 2.76. The van der Waals surface area contributed by atoms with Crippen molar-refractivity contribution >= 4 is 24.2 Å². The lowest BCUT2D eigenvalue weighted by Gasteiger charge is -2.38. The zero-order valence-corrected chi connectivity index (χ0v) is 19.7. The van der Waals surface area contributed by atoms with Gasteiger partial charge in [-0.2, -0.15) is 13.2 Å². The molecule has 3 heterocycles. The maximum absolute atomic E-state index is 13.7. The molecule has 1 aromatic rings. The number of aromatic nitrogens is 2. The summed E-state index contributed by atoms with van der Waals surface area (Å²) in [5.41, 5.74) is 4.85. The van der Waals surface area contributed by atoms with Crippen LogP contribution in [-0.4, -0.2) is 81.7 Å². The first kappa shape index (κ1) is 29.1. The molecule has 2 atom stereocenters. The van der Waals surface area contributed by atoms with Gasteiger partial charge >= 0.3 is 6.18 Å². The van der Waals surface area contributed by atoms with Gasteiger partial charge in [0.2, 0.25) is 11.8 Å². The Morgan fingerprint density at radius 2 is 2.00 bits per heavy atom. The third-order valence-electron chi connectivity index (χ3n) is 5.80. The van der Waals surface area contributed by atoms with Crippen molar-refractivity contribution in [2.24, 2.45) is 5.73 Å². The fourth-order valence-corrected chi connectivity index (χ4v) is 4.02. The van der Waals surface area contributed by atoms with Crippen LogP contribution in [0.5, 0.6) is 0 Å². The van der Waals surface area contributed by atoms with E-state index in [0.29, 0.717) is 4.90 Å². The fourth-order valence-electron chi connectivity index (χ4n) is 4.02. The number of alkyl halides is 5. The van der Waals surface area contributed by atoms with E-state index in [-0.39, 0.29) is 68.4 Å². The van der Waals surface area contributed by atoms with E-state index in [0.717, 1.165) is 0 Å². The number of amides is 2. The SMILES string of the molecule is COCCc1nc2c(c(C(F)(F)F)n1)CCN(C(=O)C[C@H](N)CN1C(=O)CCC(F)(F)[C@@H]1O)C2.Cl. The zero-order chi connectivity index (χ0) is 25.3. The molecule has 2 aliphatic heterocycles. The van der Waals surface area contributed by atoms with Gasteiger partial charge in [0.1, 0.15) is 5.82 Å². The summed E-state index contributed by atoms with van der Waals surface area (Å²) >= 11 is 0. The minimum Gasteiger partial charge on any atom is -0.384 e. The van der Waals surface area contributed by atoms with E-state index in [1.165, 1.54) is 12.0 Å². The third kappa shape index (κ3) is 6.74. The number of rotatable bonds is 7. The van der Waals surface area contributed by atoms with E-state index in [4.69, 9.17) is 10.5 Å². The first-order chi connectivity index (χ1) is 15.8. The number of nitrogens with two attached hydrogens (primary N) is 1. The second kappa shape index (κ2) is 11.3. The number of likely N-dealkylation sites (tertiary alicyclic amines) is 1. The normalized spacial score (nSPS) is 20.8. The Labute approximate surface area is 204 Å². The van der Waals surface area contributed by atoms with Crippen LogP contribution in [0.1, 0.15) is 42.0 Å². The lowest BCUT2D eigenvalue weighted by Crippen LogP contribution is -2.58. The number of carbonyl (C=O) groups is 2. The molecule has 35 heavy (non-hydrogen) atoms. The van der Waals surface area contributed by atoms with Gasteiger partial charge in [-0.3, -0.25) is 9.59 Å². The summed E-state index contributed by atoms with van der Waals surface area (Å²) in [6, 6.07) is -1.06. The molecule has 3 rings (SSSR count). The number of ether oxygens (including phenoxy) is 1. The number of methoxy groups -OCH3 is 1. The predicted octanol–water partition coefficient (Wildman–Crippen LogP) is 1.28. The number of hydrogen-bond donors (Lipinski definition) is 2. The highest BCUT2D eigenvalue weighted by Gasteiger charge is 2.48. The third-order valence-corrected chi connectivity index (χ3v) is 5.80. The number of aliphatic hydroxyl groups is 1. The summed E-state index contributed by atoms with van der Waals surface area (Å²) in [5, 5.41) is 9.78. The van der Waals surface area contributed by atoms with E-state index in [1.54, 1.807) is 0 Å². The van der Waals surface area contributed by atoms with Gasteiger partial charge in [-0.25, -0.2) is 18.7 Å². The van der Waals surface area contributed by atoms with E-state index in [1.807, 2.05) is 0 Å². The van der Waals surface area contributed by atoms with Gasteiger partial charge in [-0.15, -0.1) is 12.4 Å². The molecule has 15 heteroatoms. The number of nitrogens with zero attached hydrogens (tertiary/aromatic N) is 4. The van der Waals surface area contributed by atoms with E-state index >= 15 is 0 Å². The quantitative estimate of drug-likeness (QED) is 0.508. The summed E-state index contributed by atoms with van der Waals surface area (Å²) in [5.74, 6) is -4.77. The number of hydrogen-bond acceptors (Lipinski definition) is 7. The van der Waals surface area contributed by atoms with Gasteiger partial charge < -0.3 is 25.4 Å². The molecule has 1 aromatic heterocycles. The first-order valence-corrected chi connectivity index (χ1v) is 10.7. The molecule has 0 unspecified atom stereocenters. The Balaban J connectivity index is 0.00000432. The minimum absolute atomic E-state index is 0. The number of piperidine rings is 1. The molecule has 0 radical (unpaired) electrons. The van der Waals surface area contributed by atoms with Crippen LogP contribution in [0.15, 0.2) is 0 Å². The Morgan fingerprint density at radius 3 is 2.63 bits per heavy atom. The summed E-state index contributed by atoms with van der Waals surface area (Å²) in [6.45, 7) is -0.581. The largest absolute Gasteiger partial charge is 0.433 e. The van der Waals surface area contributed by atoms with Crippen molar-refractivity contribution < 1.29 is 41.4 Å². The molecule has 198 valence electrons. The molecular formula is C20H27ClF5N5O4. The van der Waals surface area contributed by atoms with Gasteiger partial charge in [-0.1, -0.05) is 0 Å². The van der Waals surface area contributed by atoms with Crippen molar-refractivity contribution in [3.8, 4) is 0 Å². The van der Waals surface area contributed by atoms with Gasteiger partial charge in [0.15, 0.2) is 11.9 Å². The van der Waals surface area contributed by atoms with Crippen LogP contribution in [0.3, 0.4) is 0 Å². The van der Waals surface area contributed by atoms with Crippen LogP contribution in [-0.2, 0) is 39.9 Å². The summed E-state index contributed by atoms with van der Waals surface area (Å²) in [4.78, 5) is 34.3. The Morgan fingerprint density at radius 1 is 1.31 bits per heavy atom. The highest BCUT2D eigenvalue weighted by Crippen LogP contribution is 2.34. The molecule has 0 spiro atoms. The highest BCUT2D eigenvalue weighted by atomic mass is 35.5. The maximum atomic E-state index is 13.7. The van der Waals surface area contributed by atoms with Crippen LogP contribution in [0.4, 0.5) is 22.0 Å². The molecule has 3 N–H and O–H groups in total. The molecule has 0 bridgehead atoms. The first-order valence-electron chi connectivity index (χ1n) is 10.7. The summed E-state index contributed by atoms with van der Waals surface area (Å²) in [7, 11) is 1.39. The number of carbonyl (C=O) groups excluding carboxylic acids is 2. The molecule has 0 aromatic carbocycles. The Hall–Kier alpha value is -2.16. The maximum Gasteiger partial charge on any atom is 0.433 e. The van der Waals surface area contributed by atoms with Crippen molar-refractivity contribution in [1.82, 2.24) is 19.8 Å². The van der Waals surface area contributed by atoms with Crippen LogP contribution < -0.4 is 5.73 Å². The fraction of sp³-hybridized carbons (Fsp3) is 0.700. The van der Waals surface area contributed by atoms with Crippen molar-refractivity contribution in [2.75, 3.05) is 26.8 Å². The monoisotopic (exact) mass is 531 g/mol. The van der Waals surface area contributed by atoms with Gasteiger partial charge in [-0.05, 0) is 6.42 Å². The second-order valence-corrected chi connectivity index (χ2v) is 8.36. The number of aliphatic hydroxyl groups excluding tert-OH is 1. The van der Waals surface area contributed by atoms with E-state index in [2.05, 4.69) is 9.97 Å². The van der Waals surface area contributed by atoms with E-state index in [9.17, 15) is 36.6 Å². The predicted molar refractivity (Wildman–Crippen MR) is 113 cm³/mol. The molecular weight excluding hydrogens is 505 g/mol. The molecule has 2 aliphatic rings. The second-order valence-electron chi connectivity index (χ2n) is 8.36. The lowest BCUT2D eigenvalue weighted by atomic mass is 10.0. The van der Waals surface area contributed by atoms with Crippen LogP contribution in [0, 0.1) is 0 Å². The van der Waals surface area contributed by atoms with Crippen LogP contribution >= 0.6 is 12.4 Å². The number of halogens is 6. The molecule has 1 fully saturated rings. The van der Waals surface area contributed by atoms with Crippen LogP contribution in [0.2, 0.25) is 0 Å². The summed E-state index contributed by atoms with van der Waals surface area (Å²) < 4.78 is 72.9. The zero-order valence-electron chi connectivity index (χ0n) is 18.9. The minimum atomic E-state index is -4.69. The molecule has 9 nitrogen and oxygen atoms in total. The Kier molecular flexibility index (Phi) is 9.36. The Bertz CT molecular complexity index is 936. The van der Waals surface area contributed by atoms with E-state index < -0.39 is 61.3 Å². The standard InChI is InChI=1S/C20H26F5N5O4.ClH/c1-34-7-4-14-27-13-10-29(6-3-12(13)17(28-14)20(23,24)25)16(32)8-11(26)9-30-15(31)2-5-19(21,22)18(30)33;/h11,18,33H,2-10,26H2,1H3;1H/t11-,18-;/m0./s1. The average molecular weight is 532 g/mol. The molecule has 0 saturated carbocycles. The van der Waals surface area contributed by atoms with Crippen molar-refractivity contribution in [1.29, 1.82) is 0 Å². The smallest absolute Gasteiger partial charge is 0.384 e. The van der Waals surface area contributed by atoms with Crippen LogP contribution in [0.25, 0.3) is 0 Å². The van der Waals surface area contributed by atoms with Crippen molar-refractivity contribution in [2.45, 2.75) is 63.0 Å². The highest BCUT2D eigenvalue weighted by molar-refractivity contribution is 5.85. The van der Waals surface area contributed by atoms with Gasteiger partial charge in [0.05, 0.1) is 18.8 Å². The number of fused-ring (bicyclic) bond motifs is 1. The molecule has 1 saturated heterocycles. The van der Waals surface area contributed by atoms with Crippen molar-refractivity contribution in [3.05, 3.63) is 22.8 Å². The van der Waals surface area contributed by atoms with Gasteiger partial charge in [0, 0.05) is 57.5 Å². The van der Waals surface area contributed by atoms with Crippen molar-refractivity contribution in [3.63, 3.8) is 0 Å². The van der Waals surface area contributed by atoms with Gasteiger partial charge in [0.25, 0.3) is 5.92 Å². The lowest BCUT2D eigenvalue weighted by molar-refractivity contribution is -0.205. The topological polar surface area (TPSA) is 122 Å². The molecule has 2 amide bonds. The molecule has 0 aliphatic carbocycles. The summed E-state index contributed by atoms with van der Waals surface area (Å²) in [6.07, 6.45) is -8.68.